The Balaban J connectivity index is 1.43. The number of alkyl halides is 3. The summed E-state index contributed by atoms with van der Waals surface area (Å²) in [5.41, 5.74) is 0.0656. The summed E-state index contributed by atoms with van der Waals surface area (Å²) in [4.78, 5) is 42.7. The molecule has 0 radical (unpaired) electrons. The molecule has 1 aliphatic carbocycles. The van der Waals surface area contributed by atoms with Crippen LogP contribution in [0.15, 0.2) is 30.5 Å². The number of hydrogen-bond donors (Lipinski definition) is 2. The molecule has 0 bridgehead atoms. The average molecular weight is 578 g/mol. The first-order chi connectivity index (χ1) is 19.5. The molecule has 2 N–H and O–H groups in total. The molecule has 41 heavy (non-hydrogen) atoms. The second kappa shape index (κ2) is 13.0. The monoisotopic (exact) mass is 577 g/mol. The number of likely N-dealkylation sites (tertiary alicyclic amines) is 1. The fraction of sp³-hybridized carbons (Fsp3) is 0.571. The van der Waals surface area contributed by atoms with E-state index in [1.807, 2.05) is 7.05 Å². The van der Waals surface area contributed by atoms with Gasteiger partial charge in [0.25, 0.3) is 5.91 Å². The maximum atomic E-state index is 13.8. The van der Waals surface area contributed by atoms with E-state index in [-0.39, 0.29) is 41.6 Å². The molecule has 1 aromatic carbocycles. The molecule has 0 spiro atoms. The number of nitrogens with zero attached hydrogens (tertiary/aromatic N) is 5. The fourth-order valence-corrected chi connectivity index (χ4v) is 5.45. The zero-order valence-corrected chi connectivity index (χ0v) is 23.9. The summed E-state index contributed by atoms with van der Waals surface area (Å²) >= 11 is 0. The molecule has 1 saturated heterocycles. The number of benzene rings is 1. The van der Waals surface area contributed by atoms with E-state index >= 15 is 0 Å². The Bertz CT molecular complexity index is 1200. The number of carbonyl (C=O) groups excluding carboxylic acids is 2. The van der Waals surface area contributed by atoms with Crippen molar-refractivity contribution in [2.45, 2.75) is 57.3 Å². The lowest BCUT2D eigenvalue weighted by Crippen LogP contribution is -2.44. The first-order valence-corrected chi connectivity index (χ1v) is 13.9. The summed E-state index contributed by atoms with van der Waals surface area (Å²) in [7, 11) is 5.30. The van der Waals surface area contributed by atoms with E-state index in [2.05, 4.69) is 32.5 Å². The topological polar surface area (TPSA) is 103 Å². The van der Waals surface area contributed by atoms with Crippen molar-refractivity contribution in [3.05, 3.63) is 41.6 Å². The Morgan fingerprint density at radius 3 is 2.41 bits per heavy atom. The second-order valence-corrected chi connectivity index (χ2v) is 10.7. The maximum absolute atomic E-state index is 13.8. The van der Waals surface area contributed by atoms with Gasteiger partial charge in [-0.1, -0.05) is 0 Å². The number of hydrogen-bond acceptors (Lipinski definition) is 8. The zero-order valence-electron chi connectivity index (χ0n) is 23.9. The largest absolute Gasteiger partial charge is 0.421 e. The molecule has 1 aliphatic heterocycles. The number of amides is 2. The lowest BCUT2D eigenvalue weighted by atomic mass is 10.0. The number of hydroxylamine groups is 2. The molecule has 10 nitrogen and oxygen atoms in total. The molecule has 0 unspecified atom stereocenters. The van der Waals surface area contributed by atoms with Gasteiger partial charge in [0, 0.05) is 49.0 Å². The molecule has 13 heteroatoms. The van der Waals surface area contributed by atoms with Gasteiger partial charge in [-0.2, -0.15) is 18.2 Å². The minimum atomic E-state index is -4.66. The normalized spacial score (nSPS) is 20.1. The smallest absolute Gasteiger partial charge is 0.367 e. The van der Waals surface area contributed by atoms with E-state index in [9.17, 15) is 22.8 Å². The van der Waals surface area contributed by atoms with Crippen LogP contribution in [0.25, 0.3) is 0 Å². The van der Waals surface area contributed by atoms with Gasteiger partial charge in [0.2, 0.25) is 11.9 Å². The molecule has 2 heterocycles. The highest BCUT2D eigenvalue weighted by atomic mass is 19.4. The van der Waals surface area contributed by atoms with Gasteiger partial charge in [-0.3, -0.25) is 14.4 Å². The number of carbonyl (C=O) groups is 2. The highest BCUT2D eigenvalue weighted by Gasteiger charge is 2.38. The Hall–Kier alpha value is -3.45. The van der Waals surface area contributed by atoms with Crippen LogP contribution in [-0.2, 0) is 15.8 Å². The third kappa shape index (κ3) is 7.45. The van der Waals surface area contributed by atoms with Gasteiger partial charge in [0.05, 0.1) is 7.11 Å². The van der Waals surface area contributed by atoms with Gasteiger partial charge in [0.15, 0.2) is 0 Å². The summed E-state index contributed by atoms with van der Waals surface area (Å²) < 4.78 is 41.3. The lowest BCUT2D eigenvalue weighted by molar-refractivity contribution is -0.179. The van der Waals surface area contributed by atoms with Crippen molar-refractivity contribution >= 4 is 29.3 Å². The Morgan fingerprint density at radius 1 is 1.12 bits per heavy atom. The number of halogens is 3. The first-order valence-electron chi connectivity index (χ1n) is 13.9. The minimum absolute atomic E-state index is 0.0230. The van der Waals surface area contributed by atoms with Crippen LogP contribution in [0.3, 0.4) is 0 Å². The predicted octanol–water partition coefficient (Wildman–Crippen LogP) is 4.40. The second-order valence-electron chi connectivity index (χ2n) is 10.7. The summed E-state index contributed by atoms with van der Waals surface area (Å²) in [5, 5.41) is 7.08. The molecule has 2 fully saturated rings. The fourth-order valence-electron chi connectivity index (χ4n) is 5.45. The van der Waals surface area contributed by atoms with Crippen molar-refractivity contribution in [1.82, 2.24) is 24.8 Å². The van der Waals surface area contributed by atoms with Gasteiger partial charge in [-0.15, -0.1) is 0 Å². The van der Waals surface area contributed by atoms with Gasteiger partial charge in [-0.05, 0) is 83.4 Å². The Kier molecular flexibility index (Phi) is 9.69. The molecule has 2 amide bonds. The molecule has 2 aromatic rings. The van der Waals surface area contributed by atoms with E-state index < -0.39 is 11.7 Å². The Labute approximate surface area is 238 Å². The first kappa shape index (κ1) is 30.5. The van der Waals surface area contributed by atoms with Gasteiger partial charge in [0.1, 0.15) is 11.4 Å². The standard InChI is InChI=1S/C28H38F3N7O3/c1-5-38(41-4)26(40)19-8-11-21(16-19)33-24-23(28(29,30)31)17-32-27(35-24)34-20-9-6-18(7-10-20)25(39)37(3)22-12-14-36(2)15-13-22/h6-7,9-10,17,19,21-22H,5,8,11-16H2,1-4H3,(H2,32,33,34,35)/t19-,21+/m0/s1. The van der Waals surface area contributed by atoms with Crippen LogP contribution in [0.4, 0.5) is 30.6 Å². The number of piperidine rings is 1. The molecular formula is C28H38F3N7O3. The quantitative estimate of drug-likeness (QED) is 0.423. The predicted molar refractivity (Wildman–Crippen MR) is 149 cm³/mol. The van der Waals surface area contributed by atoms with E-state index in [4.69, 9.17) is 4.84 Å². The van der Waals surface area contributed by atoms with Crippen LogP contribution < -0.4 is 10.6 Å². The molecule has 4 rings (SSSR count). The van der Waals surface area contributed by atoms with Crippen molar-refractivity contribution in [2.75, 3.05) is 51.5 Å². The lowest BCUT2D eigenvalue weighted by Gasteiger charge is -2.35. The van der Waals surface area contributed by atoms with Crippen molar-refractivity contribution in [3.63, 3.8) is 0 Å². The Morgan fingerprint density at radius 2 is 1.80 bits per heavy atom. The molecule has 2 aliphatic rings. The highest BCUT2D eigenvalue weighted by molar-refractivity contribution is 5.94. The number of rotatable bonds is 9. The van der Waals surface area contributed by atoms with Crippen LogP contribution in [0.5, 0.6) is 0 Å². The summed E-state index contributed by atoms with van der Waals surface area (Å²) in [6, 6.07) is 6.51. The third-order valence-corrected chi connectivity index (χ3v) is 7.91. The van der Waals surface area contributed by atoms with E-state index in [0.29, 0.717) is 37.1 Å². The third-order valence-electron chi connectivity index (χ3n) is 7.91. The number of nitrogens with one attached hydrogen (secondary N) is 2. The average Bonchev–Trinajstić information content (AvgIpc) is 3.41. The molecule has 2 atom stereocenters. The summed E-state index contributed by atoms with van der Waals surface area (Å²) in [6.45, 7) is 4.06. The number of aromatic nitrogens is 2. The number of anilines is 3. The van der Waals surface area contributed by atoms with Crippen LogP contribution >= 0.6 is 0 Å². The van der Waals surface area contributed by atoms with Crippen LogP contribution in [0, 0.1) is 5.92 Å². The van der Waals surface area contributed by atoms with E-state index in [0.717, 1.165) is 32.1 Å². The van der Waals surface area contributed by atoms with Gasteiger partial charge < -0.3 is 20.4 Å². The summed E-state index contributed by atoms with van der Waals surface area (Å²) in [6.07, 6.45) is -0.664. The molecular weight excluding hydrogens is 539 g/mol. The van der Waals surface area contributed by atoms with Crippen molar-refractivity contribution in [3.8, 4) is 0 Å². The van der Waals surface area contributed by atoms with Gasteiger partial charge in [-0.25, -0.2) is 10.0 Å². The van der Waals surface area contributed by atoms with Crippen LogP contribution in [0.1, 0.15) is 54.9 Å². The maximum Gasteiger partial charge on any atom is 0.421 e. The van der Waals surface area contributed by atoms with Crippen molar-refractivity contribution < 1.29 is 27.6 Å². The molecule has 1 saturated carbocycles. The molecule has 224 valence electrons. The van der Waals surface area contributed by atoms with Crippen molar-refractivity contribution in [2.24, 2.45) is 5.92 Å². The zero-order chi connectivity index (χ0) is 29.7. The van der Waals surface area contributed by atoms with Crippen LogP contribution in [0.2, 0.25) is 0 Å². The SMILES string of the molecule is CCN(OC)C(=O)[C@H]1CC[C@@H](Nc2nc(Nc3ccc(C(=O)N(C)C4CCN(C)CC4)cc3)ncc2C(F)(F)F)C1. The van der Waals surface area contributed by atoms with Crippen LogP contribution in [-0.4, -0.2) is 89.6 Å². The van der Waals surface area contributed by atoms with E-state index in [1.165, 1.54) is 12.2 Å². The highest BCUT2D eigenvalue weighted by Crippen LogP contribution is 2.36. The van der Waals surface area contributed by atoms with E-state index in [1.54, 1.807) is 36.1 Å². The minimum Gasteiger partial charge on any atom is -0.367 e. The summed E-state index contributed by atoms with van der Waals surface area (Å²) in [5.74, 6) is -0.978. The molecule has 1 aromatic heterocycles. The van der Waals surface area contributed by atoms with Gasteiger partial charge >= 0.3 is 6.18 Å². The van der Waals surface area contributed by atoms with Crippen molar-refractivity contribution in [1.29, 1.82) is 0 Å².